The van der Waals surface area contributed by atoms with E-state index in [-0.39, 0.29) is 5.56 Å². The second-order valence-corrected chi connectivity index (χ2v) is 7.34. The van der Waals surface area contributed by atoms with E-state index < -0.39 is 0 Å². The number of hydrogen-bond acceptors (Lipinski definition) is 6. The van der Waals surface area contributed by atoms with Gasteiger partial charge in [-0.3, -0.25) is 4.79 Å². The van der Waals surface area contributed by atoms with E-state index in [1.165, 1.54) is 0 Å². The van der Waals surface area contributed by atoms with Crippen molar-refractivity contribution < 1.29 is 0 Å². The number of H-pyrrole nitrogens is 1. The van der Waals surface area contributed by atoms with Gasteiger partial charge in [-0.1, -0.05) is 78.9 Å². The quantitative estimate of drug-likeness (QED) is 0.466. The summed E-state index contributed by atoms with van der Waals surface area (Å²) in [6.07, 6.45) is 0. The molecule has 2 heterocycles. The van der Waals surface area contributed by atoms with Gasteiger partial charge >= 0.3 is 0 Å². The maximum atomic E-state index is 12.1. The molecule has 32 heavy (non-hydrogen) atoms. The van der Waals surface area contributed by atoms with Crippen LogP contribution in [0.25, 0.3) is 33.9 Å². The molecule has 0 bridgehead atoms. The van der Waals surface area contributed by atoms with Gasteiger partial charge in [-0.25, -0.2) is 9.78 Å². The first kappa shape index (κ1) is 19.5. The Hall–Kier alpha value is -4.46. The van der Waals surface area contributed by atoms with Gasteiger partial charge in [0.2, 0.25) is 0 Å². The van der Waals surface area contributed by atoms with Crippen molar-refractivity contribution in [3.8, 4) is 33.9 Å². The molecule has 0 saturated heterocycles. The highest BCUT2D eigenvalue weighted by atomic mass is 16.1. The Balaban J connectivity index is 1.49. The van der Waals surface area contributed by atoms with E-state index in [1.807, 2.05) is 54.6 Å². The van der Waals surface area contributed by atoms with E-state index in [1.54, 1.807) is 11.6 Å². The number of aromatic amines is 1. The fourth-order valence-electron chi connectivity index (χ4n) is 3.59. The maximum absolute atomic E-state index is 12.1. The summed E-state index contributed by atoms with van der Waals surface area (Å²) in [5, 5.41) is 18.7. The number of tetrazole rings is 1. The second-order valence-electron chi connectivity index (χ2n) is 7.34. The molecule has 8 heteroatoms. The van der Waals surface area contributed by atoms with Crippen LogP contribution in [0.1, 0.15) is 11.3 Å². The van der Waals surface area contributed by atoms with Crippen molar-refractivity contribution in [1.82, 2.24) is 35.4 Å². The molecule has 5 aromatic rings. The Labute approximate surface area is 183 Å². The minimum absolute atomic E-state index is 0.311. The Bertz CT molecular complexity index is 1410. The van der Waals surface area contributed by atoms with Crippen LogP contribution in [0.4, 0.5) is 0 Å². The molecule has 0 aliphatic heterocycles. The molecular formula is C24H19N7O. The Morgan fingerprint density at radius 3 is 2.28 bits per heavy atom. The third-order valence-electron chi connectivity index (χ3n) is 5.19. The lowest BCUT2D eigenvalue weighted by Gasteiger charge is -2.13. The van der Waals surface area contributed by atoms with Crippen LogP contribution in [0.15, 0.2) is 83.7 Å². The highest BCUT2D eigenvalue weighted by molar-refractivity contribution is 5.80. The lowest BCUT2D eigenvalue weighted by atomic mass is 9.98. The molecule has 3 aromatic carbocycles. The van der Waals surface area contributed by atoms with Crippen molar-refractivity contribution in [2.75, 3.05) is 0 Å². The van der Waals surface area contributed by atoms with Crippen molar-refractivity contribution >= 4 is 0 Å². The minimum atomic E-state index is -0.311. The fourth-order valence-corrected chi connectivity index (χ4v) is 3.59. The van der Waals surface area contributed by atoms with E-state index in [2.05, 4.69) is 55.0 Å². The lowest BCUT2D eigenvalue weighted by molar-refractivity contribution is 0.637. The van der Waals surface area contributed by atoms with Crippen LogP contribution in [-0.4, -0.2) is 35.4 Å². The first-order valence-corrected chi connectivity index (χ1v) is 10.1. The van der Waals surface area contributed by atoms with Gasteiger partial charge in [0.25, 0.3) is 5.56 Å². The second kappa shape index (κ2) is 8.35. The summed E-state index contributed by atoms with van der Waals surface area (Å²) in [7, 11) is 0. The van der Waals surface area contributed by atoms with E-state index in [0.717, 1.165) is 27.8 Å². The summed E-state index contributed by atoms with van der Waals surface area (Å²) in [6.45, 7) is 2.17. The zero-order valence-corrected chi connectivity index (χ0v) is 17.3. The average molecular weight is 421 g/mol. The molecule has 0 unspecified atom stereocenters. The standard InChI is InChI=1S/C24H19N7O/c1-16-24(32)25-23(19-7-3-2-4-8-19)31(28-16)15-17-11-13-18(14-12-17)20-9-5-6-10-21(20)22-26-29-30-27-22/h2-14H,15H2,1H3,(H,26,27,29,30). The number of nitrogens with one attached hydrogen (secondary N) is 1. The Kier molecular flexibility index (Phi) is 5.09. The highest BCUT2D eigenvalue weighted by Crippen LogP contribution is 2.30. The summed E-state index contributed by atoms with van der Waals surface area (Å²) in [6, 6.07) is 25.8. The average Bonchev–Trinajstić information content (AvgIpc) is 3.37. The van der Waals surface area contributed by atoms with Crippen LogP contribution in [0, 0.1) is 6.92 Å². The van der Waals surface area contributed by atoms with Crippen molar-refractivity contribution in [3.05, 3.63) is 100 Å². The van der Waals surface area contributed by atoms with Crippen LogP contribution in [0.2, 0.25) is 0 Å². The monoisotopic (exact) mass is 421 g/mol. The van der Waals surface area contributed by atoms with E-state index in [9.17, 15) is 4.79 Å². The highest BCUT2D eigenvalue weighted by Gasteiger charge is 2.12. The molecule has 0 aliphatic carbocycles. The van der Waals surface area contributed by atoms with Gasteiger partial charge in [0.05, 0.1) is 6.54 Å². The summed E-state index contributed by atoms with van der Waals surface area (Å²) in [4.78, 5) is 16.4. The summed E-state index contributed by atoms with van der Waals surface area (Å²) in [5.41, 5.74) is 4.96. The molecule has 0 aliphatic rings. The van der Waals surface area contributed by atoms with Gasteiger partial charge in [-0.05, 0) is 34.0 Å². The number of aryl methyl sites for hydroxylation is 1. The summed E-state index contributed by atoms with van der Waals surface area (Å²) in [5.74, 6) is 1.17. The molecule has 0 saturated carbocycles. The van der Waals surface area contributed by atoms with Crippen LogP contribution in [0.3, 0.4) is 0 Å². The molecule has 2 aromatic heterocycles. The third kappa shape index (κ3) is 3.81. The predicted molar refractivity (Wildman–Crippen MR) is 121 cm³/mol. The number of rotatable bonds is 5. The van der Waals surface area contributed by atoms with Crippen molar-refractivity contribution in [2.45, 2.75) is 13.5 Å². The molecular weight excluding hydrogens is 402 g/mol. The maximum Gasteiger partial charge on any atom is 0.294 e. The summed E-state index contributed by atoms with van der Waals surface area (Å²) >= 11 is 0. The molecule has 0 spiro atoms. The molecule has 8 nitrogen and oxygen atoms in total. The molecule has 0 radical (unpaired) electrons. The SMILES string of the molecule is Cc1nn(Cc2ccc(-c3ccccc3-c3nnn[nH]3)cc2)c(-c2ccccc2)nc1=O. The minimum Gasteiger partial charge on any atom is -0.265 e. The Morgan fingerprint density at radius 2 is 1.56 bits per heavy atom. The first-order chi connectivity index (χ1) is 15.7. The van der Waals surface area contributed by atoms with Gasteiger partial charge in [-0.2, -0.15) is 10.1 Å². The van der Waals surface area contributed by atoms with Gasteiger partial charge in [0.1, 0.15) is 5.69 Å². The lowest BCUT2D eigenvalue weighted by Crippen LogP contribution is -2.21. The van der Waals surface area contributed by atoms with Crippen molar-refractivity contribution in [1.29, 1.82) is 0 Å². The van der Waals surface area contributed by atoms with Gasteiger partial charge in [0, 0.05) is 11.1 Å². The molecule has 1 N–H and O–H groups in total. The van der Waals surface area contributed by atoms with E-state index in [4.69, 9.17) is 0 Å². The normalized spacial score (nSPS) is 10.9. The van der Waals surface area contributed by atoms with Crippen molar-refractivity contribution in [2.24, 2.45) is 0 Å². The zero-order valence-electron chi connectivity index (χ0n) is 17.3. The first-order valence-electron chi connectivity index (χ1n) is 10.1. The summed E-state index contributed by atoms with van der Waals surface area (Å²) < 4.78 is 1.77. The number of hydrogen-bond donors (Lipinski definition) is 1. The molecule has 0 amide bonds. The molecule has 0 atom stereocenters. The van der Waals surface area contributed by atoms with Gasteiger partial charge in [0.15, 0.2) is 11.6 Å². The van der Waals surface area contributed by atoms with Crippen LogP contribution < -0.4 is 5.56 Å². The fraction of sp³-hybridized carbons (Fsp3) is 0.0833. The number of aromatic nitrogens is 7. The number of benzene rings is 3. The van der Waals surface area contributed by atoms with Gasteiger partial charge < -0.3 is 0 Å². The van der Waals surface area contributed by atoms with Crippen LogP contribution >= 0.6 is 0 Å². The number of nitrogens with zero attached hydrogens (tertiary/aromatic N) is 6. The predicted octanol–water partition coefficient (Wildman–Crippen LogP) is 3.51. The van der Waals surface area contributed by atoms with Crippen molar-refractivity contribution in [3.63, 3.8) is 0 Å². The zero-order chi connectivity index (χ0) is 21.9. The molecule has 5 rings (SSSR count). The van der Waals surface area contributed by atoms with Crippen LogP contribution in [-0.2, 0) is 6.54 Å². The molecule has 0 fully saturated rings. The van der Waals surface area contributed by atoms with Crippen LogP contribution in [0.5, 0.6) is 0 Å². The smallest absolute Gasteiger partial charge is 0.265 e. The third-order valence-corrected chi connectivity index (χ3v) is 5.19. The van der Waals surface area contributed by atoms with E-state index in [0.29, 0.717) is 23.9 Å². The molecule has 156 valence electrons. The van der Waals surface area contributed by atoms with Gasteiger partial charge in [-0.15, -0.1) is 5.10 Å². The van der Waals surface area contributed by atoms with E-state index >= 15 is 0 Å². The largest absolute Gasteiger partial charge is 0.294 e. The topological polar surface area (TPSA) is 102 Å². The Morgan fingerprint density at radius 1 is 0.844 bits per heavy atom.